The van der Waals surface area contributed by atoms with E-state index in [0.29, 0.717) is 34.6 Å². The minimum absolute atomic E-state index is 0.148. The van der Waals surface area contributed by atoms with E-state index in [1.165, 1.54) is 10.6 Å². The van der Waals surface area contributed by atoms with Crippen molar-refractivity contribution in [2.75, 3.05) is 0 Å². The maximum atomic E-state index is 14.0. The van der Waals surface area contributed by atoms with Gasteiger partial charge in [-0.05, 0) is 66.4 Å². The first-order valence-electron chi connectivity index (χ1n) is 12.0. The zero-order valence-corrected chi connectivity index (χ0v) is 20.9. The minimum atomic E-state index is -4.51. The largest absolute Gasteiger partial charge is 0.478 e. The Kier molecular flexibility index (Phi) is 5.69. The molecule has 0 radical (unpaired) electrons. The van der Waals surface area contributed by atoms with Gasteiger partial charge in [0, 0.05) is 17.8 Å². The number of carboxylic acid groups (broad SMARTS) is 1. The van der Waals surface area contributed by atoms with Crippen LogP contribution >= 0.6 is 11.6 Å². The van der Waals surface area contributed by atoms with Gasteiger partial charge in [-0.3, -0.25) is 9.13 Å². The zero-order valence-electron chi connectivity index (χ0n) is 20.2. The van der Waals surface area contributed by atoms with Crippen LogP contribution in [0.25, 0.3) is 16.7 Å². The quantitative estimate of drug-likeness (QED) is 0.282. The number of carboxylic acids is 1. The Balaban J connectivity index is 1.42. The first-order chi connectivity index (χ1) is 18.6. The van der Waals surface area contributed by atoms with Gasteiger partial charge in [0.1, 0.15) is 0 Å². The number of fused-ring (bicyclic) bond motifs is 1. The van der Waals surface area contributed by atoms with Crippen LogP contribution in [0.3, 0.4) is 0 Å². The van der Waals surface area contributed by atoms with Crippen LogP contribution in [0.5, 0.6) is 0 Å². The highest BCUT2D eigenvalue weighted by Gasteiger charge is 2.49. The fourth-order valence-corrected chi connectivity index (χ4v) is 5.26. The third-order valence-electron chi connectivity index (χ3n) is 7.08. The lowest BCUT2D eigenvalue weighted by Crippen LogP contribution is -2.32. The van der Waals surface area contributed by atoms with Crippen molar-refractivity contribution >= 4 is 28.6 Å². The van der Waals surface area contributed by atoms with E-state index in [1.807, 2.05) is 6.07 Å². The number of hydrogen-bond acceptors (Lipinski definition) is 3. The molecule has 5 aromatic rings. The lowest BCUT2D eigenvalue weighted by molar-refractivity contribution is -0.140. The number of benzene rings is 3. The topological polar surface area (TPSA) is 82.0 Å². The molecule has 2 heterocycles. The summed E-state index contributed by atoms with van der Waals surface area (Å²) in [5, 5.41) is 9.93. The molecule has 0 aliphatic heterocycles. The molecule has 1 aliphatic rings. The van der Waals surface area contributed by atoms with Crippen LogP contribution in [0.4, 0.5) is 13.2 Å². The highest BCUT2D eigenvalue weighted by molar-refractivity contribution is 6.31. The summed E-state index contributed by atoms with van der Waals surface area (Å²) in [6.07, 6.45) is -1.10. The monoisotopic (exact) mass is 552 g/mol. The van der Waals surface area contributed by atoms with Crippen LogP contribution in [0.15, 0.2) is 84.0 Å². The van der Waals surface area contributed by atoms with Gasteiger partial charge in [-0.2, -0.15) is 13.2 Å². The summed E-state index contributed by atoms with van der Waals surface area (Å²) in [6, 6.07) is 18.8. The predicted molar refractivity (Wildman–Crippen MR) is 139 cm³/mol. The molecule has 11 heteroatoms. The van der Waals surface area contributed by atoms with Crippen LogP contribution in [0.1, 0.15) is 40.0 Å². The van der Waals surface area contributed by atoms with Gasteiger partial charge in [-0.1, -0.05) is 35.9 Å². The number of nitrogens with zero attached hydrogens (tertiary/aromatic N) is 4. The number of imidazole rings is 2. The standard InChI is InChI=1S/C28H20ClF3N4O3/c29-20-6-9-22-23(13-20)35(21-7-4-17(5-8-21)14-34-15-24(33-16-34)28(30,31)32)26(39)36(22)27(10-11-27)19-3-1-2-18(12-19)25(37)38/h1-9,12-13,15-16H,10-11,14H2,(H,37,38). The Morgan fingerprint density at radius 3 is 2.41 bits per heavy atom. The van der Waals surface area contributed by atoms with E-state index in [2.05, 4.69) is 4.98 Å². The van der Waals surface area contributed by atoms with Crippen molar-refractivity contribution in [2.45, 2.75) is 31.1 Å². The number of aromatic nitrogens is 4. The molecule has 3 aromatic carbocycles. The number of aromatic carboxylic acids is 1. The van der Waals surface area contributed by atoms with Crippen LogP contribution in [0.2, 0.25) is 5.02 Å². The molecule has 198 valence electrons. The smallest absolute Gasteiger partial charge is 0.434 e. The van der Waals surface area contributed by atoms with Crippen molar-refractivity contribution in [3.63, 3.8) is 0 Å². The van der Waals surface area contributed by atoms with Crippen molar-refractivity contribution in [3.05, 3.63) is 117 Å². The molecule has 0 amide bonds. The molecule has 0 bridgehead atoms. The van der Waals surface area contributed by atoms with E-state index in [9.17, 15) is 27.9 Å². The molecular formula is C28H20ClF3N4O3. The first kappa shape index (κ1) is 25.0. The maximum absolute atomic E-state index is 14.0. The molecule has 1 N–H and O–H groups in total. The van der Waals surface area contributed by atoms with E-state index in [-0.39, 0.29) is 17.8 Å². The Bertz CT molecular complexity index is 1800. The number of rotatable bonds is 6. The molecule has 0 atom stereocenters. The van der Waals surface area contributed by atoms with Crippen molar-refractivity contribution in [2.24, 2.45) is 0 Å². The van der Waals surface area contributed by atoms with E-state index >= 15 is 0 Å². The molecule has 1 fully saturated rings. The fraction of sp³-hybridized carbons (Fsp3) is 0.179. The normalized spacial score (nSPS) is 14.6. The first-order valence-corrected chi connectivity index (χ1v) is 12.4. The minimum Gasteiger partial charge on any atom is -0.478 e. The summed E-state index contributed by atoms with van der Waals surface area (Å²) in [5.41, 5.74) is 1.48. The van der Waals surface area contributed by atoms with Gasteiger partial charge in [0.05, 0.1) is 34.2 Å². The Morgan fingerprint density at radius 1 is 1.03 bits per heavy atom. The van der Waals surface area contributed by atoms with Crippen molar-refractivity contribution in [3.8, 4) is 5.69 Å². The summed E-state index contributed by atoms with van der Waals surface area (Å²) in [7, 11) is 0. The highest BCUT2D eigenvalue weighted by atomic mass is 35.5. The molecular weight excluding hydrogens is 533 g/mol. The van der Waals surface area contributed by atoms with Gasteiger partial charge in [-0.25, -0.2) is 14.6 Å². The number of alkyl halides is 3. The van der Waals surface area contributed by atoms with Gasteiger partial charge in [0.15, 0.2) is 5.69 Å². The van der Waals surface area contributed by atoms with Gasteiger partial charge >= 0.3 is 17.8 Å². The highest BCUT2D eigenvalue weighted by Crippen LogP contribution is 2.50. The van der Waals surface area contributed by atoms with Crippen molar-refractivity contribution < 1.29 is 23.1 Å². The summed E-state index contributed by atoms with van der Waals surface area (Å²) in [4.78, 5) is 29.0. The maximum Gasteiger partial charge on any atom is 0.434 e. The second-order valence-electron chi connectivity index (χ2n) is 9.60. The Hall–Kier alpha value is -4.31. The van der Waals surface area contributed by atoms with Gasteiger partial charge in [-0.15, -0.1) is 0 Å². The lowest BCUT2D eigenvalue weighted by Gasteiger charge is -2.18. The molecule has 39 heavy (non-hydrogen) atoms. The van der Waals surface area contributed by atoms with Crippen LogP contribution in [-0.2, 0) is 18.3 Å². The average Bonchev–Trinajstić information content (AvgIpc) is 3.45. The Morgan fingerprint density at radius 2 is 1.77 bits per heavy atom. The molecule has 0 unspecified atom stereocenters. The van der Waals surface area contributed by atoms with Gasteiger partial charge < -0.3 is 9.67 Å². The summed E-state index contributed by atoms with van der Waals surface area (Å²) >= 11 is 6.31. The van der Waals surface area contributed by atoms with Crippen LogP contribution in [-0.4, -0.2) is 29.8 Å². The van der Waals surface area contributed by atoms with Gasteiger partial charge in [0.25, 0.3) is 0 Å². The molecule has 1 aliphatic carbocycles. The predicted octanol–water partition coefficient (Wildman–Crippen LogP) is 5.94. The Labute approximate surface area is 224 Å². The zero-order chi connectivity index (χ0) is 27.5. The number of halogens is 4. The summed E-state index contributed by atoms with van der Waals surface area (Å²) in [6.45, 7) is 0.175. The van der Waals surface area contributed by atoms with E-state index in [4.69, 9.17) is 11.6 Å². The molecule has 0 spiro atoms. The summed E-state index contributed by atoms with van der Waals surface area (Å²) < 4.78 is 43.2. The molecule has 0 saturated heterocycles. The molecule has 6 rings (SSSR count). The van der Waals surface area contributed by atoms with E-state index < -0.39 is 23.4 Å². The molecule has 7 nitrogen and oxygen atoms in total. The average molecular weight is 553 g/mol. The second kappa shape index (κ2) is 8.88. The number of carbonyl (C=O) groups is 1. The fourth-order valence-electron chi connectivity index (χ4n) is 5.09. The summed E-state index contributed by atoms with van der Waals surface area (Å²) in [5.74, 6) is -1.04. The van der Waals surface area contributed by atoms with Crippen molar-refractivity contribution in [1.82, 2.24) is 18.7 Å². The number of hydrogen-bond donors (Lipinski definition) is 1. The molecule has 1 saturated carbocycles. The third-order valence-corrected chi connectivity index (χ3v) is 7.32. The van der Waals surface area contributed by atoms with Crippen LogP contribution < -0.4 is 5.69 Å². The molecule has 2 aromatic heterocycles. The SMILES string of the molecule is O=C(O)c1cccc(C2(n3c(=O)n(-c4ccc(Cn5cnc(C(F)(F)F)c5)cc4)c4cc(Cl)ccc43)CC2)c1. The second-order valence-corrected chi connectivity index (χ2v) is 10.0. The van der Waals surface area contributed by atoms with E-state index in [1.54, 1.807) is 63.7 Å². The third kappa shape index (κ3) is 4.30. The lowest BCUT2D eigenvalue weighted by atomic mass is 10.0. The van der Waals surface area contributed by atoms with Crippen LogP contribution in [0, 0.1) is 0 Å². The van der Waals surface area contributed by atoms with Gasteiger partial charge in [0.2, 0.25) is 0 Å². The van der Waals surface area contributed by atoms with Crippen molar-refractivity contribution in [1.29, 1.82) is 0 Å². The van der Waals surface area contributed by atoms with E-state index in [0.717, 1.165) is 23.7 Å².